The molecule has 0 amide bonds. The zero-order valence-electron chi connectivity index (χ0n) is 20.6. The summed E-state index contributed by atoms with van der Waals surface area (Å²) >= 11 is 5.43. The van der Waals surface area contributed by atoms with Crippen LogP contribution in [0.15, 0.2) is 47.1 Å². The molecule has 1 aromatic carbocycles. The Balaban J connectivity index is 1.27. The first-order valence-electron chi connectivity index (χ1n) is 12.9. The van der Waals surface area contributed by atoms with Gasteiger partial charge in [0.1, 0.15) is 6.10 Å². The Morgan fingerprint density at radius 1 is 1.06 bits per heavy atom. The highest BCUT2D eigenvalue weighted by Crippen LogP contribution is 2.65. The van der Waals surface area contributed by atoms with Crippen LogP contribution in [-0.2, 0) is 9.53 Å². The van der Waals surface area contributed by atoms with Crippen molar-refractivity contribution in [2.24, 2.45) is 33.7 Å². The number of para-hydroxylation sites is 1. The third kappa shape index (κ3) is 4.19. The Labute approximate surface area is 208 Å². The lowest BCUT2D eigenvalue weighted by molar-refractivity contribution is -0.157. The van der Waals surface area contributed by atoms with Gasteiger partial charge in [-0.15, -0.1) is 0 Å². The van der Waals surface area contributed by atoms with Crippen molar-refractivity contribution in [3.63, 3.8) is 0 Å². The van der Waals surface area contributed by atoms with Crippen molar-refractivity contribution >= 4 is 34.7 Å². The summed E-state index contributed by atoms with van der Waals surface area (Å²) < 4.78 is 5.80. The number of benzene rings is 1. The number of ether oxygens (including phenoxy) is 1. The van der Waals surface area contributed by atoms with Crippen molar-refractivity contribution in [3.8, 4) is 0 Å². The molecule has 4 aliphatic carbocycles. The van der Waals surface area contributed by atoms with Gasteiger partial charge < -0.3 is 10.1 Å². The number of allylic oxidation sites excluding steroid dienone is 2. The van der Waals surface area contributed by atoms with Crippen LogP contribution in [0.2, 0.25) is 0 Å². The molecule has 0 radical (unpaired) electrons. The van der Waals surface area contributed by atoms with Gasteiger partial charge in [-0.25, -0.2) is 0 Å². The fourth-order valence-corrected chi connectivity index (χ4v) is 7.97. The number of hydrazone groups is 1. The highest BCUT2D eigenvalue weighted by Gasteiger charge is 2.59. The Kier molecular flexibility index (Phi) is 6.30. The minimum absolute atomic E-state index is 0.102. The molecular formula is C28H37N3O2S. The standard InChI is InChI=1S/C28H37N3O2S/c1-18(32)33-25-12-11-23-22-10-9-19-17-21(30-31-26(34)29-20-7-5-4-6-8-20)13-15-27(19,2)24(22)14-16-28(23,25)3/h4-8,17,22-25H,9-16H2,1-3H3,(H2,29,31,34)/b30-21+/t22-,23-,24-,25-,27-,28-/m0/s1. The van der Waals surface area contributed by atoms with Gasteiger partial charge in [0.05, 0.1) is 5.71 Å². The number of esters is 1. The molecule has 34 heavy (non-hydrogen) atoms. The number of carbonyl (C=O) groups excluding carboxylic acids is 1. The molecule has 0 saturated heterocycles. The first kappa shape index (κ1) is 23.5. The van der Waals surface area contributed by atoms with Crippen LogP contribution in [0.3, 0.4) is 0 Å². The van der Waals surface area contributed by atoms with Crippen LogP contribution in [-0.4, -0.2) is 22.9 Å². The molecule has 4 aliphatic rings. The van der Waals surface area contributed by atoms with Crippen molar-refractivity contribution in [1.82, 2.24) is 5.43 Å². The number of thiocarbonyl (C=S) groups is 1. The zero-order valence-corrected chi connectivity index (χ0v) is 21.4. The smallest absolute Gasteiger partial charge is 0.302 e. The average Bonchev–Trinajstić information content (AvgIpc) is 3.14. The normalized spacial score (nSPS) is 37.6. The topological polar surface area (TPSA) is 62.7 Å². The second-order valence-corrected chi connectivity index (χ2v) is 11.7. The van der Waals surface area contributed by atoms with Crippen LogP contribution in [0.5, 0.6) is 0 Å². The lowest BCUT2D eigenvalue weighted by atomic mass is 9.47. The van der Waals surface area contributed by atoms with Crippen LogP contribution in [0.25, 0.3) is 0 Å². The third-order valence-corrected chi connectivity index (χ3v) is 9.72. The van der Waals surface area contributed by atoms with Gasteiger partial charge in [0.15, 0.2) is 5.11 Å². The molecule has 0 bridgehead atoms. The summed E-state index contributed by atoms with van der Waals surface area (Å²) in [4.78, 5) is 11.7. The predicted octanol–water partition coefficient (Wildman–Crippen LogP) is 6.22. The van der Waals surface area contributed by atoms with Gasteiger partial charge in [-0.3, -0.25) is 10.2 Å². The Morgan fingerprint density at radius 2 is 1.85 bits per heavy atom. The molecule has 2 N–H and O–H groups in total. The molecule has 6 atom stereocenters. The van der Waals surface area contributed by atoms with Crippen molar-refractivity contribution in [1.29, 1.82) is 0 Å². The Hall–Kier alpha value is -2.21. The van der Waals surface area contributed by atoms with E-state index < -0.39 is 0 Å². The van der Waals surface area contributed by atoms with Crippen LogP contribution in [0.4, 0.5) is 5.69 Å². The maximum absolute atomic E-state index is 11.7. The van der Waals surface area contributed by atoms with E-state index in [-0.39, 0.29) is 22.9 Å². The molecule has 6 heteroatoms. The lowest BCUT2D eigenvalue weighted by Crippen LogP contribution is -2.51. The molecule has 0 unspecified atom stereocenters. The molecule has 0 spiro atoms. The van der Waals surface area contributed by atoms with Gasteiger partial charge in [-0.2, -0.15) is 5.10 Å². The van der Waals surface area contributed by atoms with Gasteiger partial charge in [-0.1, -0.05) is 37.6 Å². The van der Waals surface area contributed by atoms with E-state index in [1.54, 1.807) is 12.5 Å². The number of nitrogens with zero attached hydrogens (tertiary/aromatic N) is 1. The molecule has 0 aromatic heterocycles. The van der Waals surface area contributed by atoms with Crippen molar-refractivity contribution in [2.45, 2.75) is 78.2 Å². The van der Waals surface area contributed by atoms with Crippen molar-refractivity contribution in [3.05, 3.63) is 42.0 Å². The minimum atomic E-state index is -0.124. The summed E-state index contributed by atoms with van der Waals surface area (Å²) in [6.45, 7) is 6.45. The van der Waals surface area contributed by atoms with Crippen LogP contribution in [0, 0.1) is 28.6 Å². The molecule has 1 aromatic rings. The second-order valence-electron chi connectivity index (χ2n) is 11.3. The Bertz CT molecular complexity index is 1020. The summed E-state index contributed by atoms with van der Waals surface area (Å²) in [7, 11) is 0. The van der Waals surface area contributed by atoms with Gasteiger partial charge in [0, 0.05) is 18.0 Å². The molecule has 182 valence electrons. The molecule has 3 saturated carbocycles. The molecule has 0 aliphatic heterocycles. The minimum Gasteiger partial charge on any atom is -0.462 e. The summed E-state index contributed by atoms with van der Waals surface area (Å²) in [6, 6.07) is 9.92. The number of fused-ring (bicyclic) bond motifs is 5. The summed E-state index contributed by atoms with van der Waals surface area (Å²) in [5.41, 5.74) is 7.07. The largest absolute Gasteiger partial charge is 0.462 e. The fourth-order valence-electron chi connectivity index (χ4n) is 7.81. The van der Waals surface area contributed by atoms with Crippen LogP contribution in [0.1, 0.15) is 72.1 Å². The number of rotatable bonds is 3. The first-order valence-corrected chi connectivity index (χ1v) is 13.3. The third-order valence-electron chi connectivity index (χ3n) is 9.53. The van der Waals surface area contributed by atoms with Crippen LogP contribution >= 0.6 is 12.2 Å². The van der Waals surface area contributed by atoms with E-state index in [9.17, 15) is 4.79 Å². The van der Waals surface area contributed by atoms with E-state index in [4.69, 9.17) is 17.0 Å². The molecule has 5 rings (SSSR count). The summed E-state index contributed by atoms with van der Waals surface area (Å²) in [5, 5.41) is 8.35. The summed E-state index contributed by atoms with van der Waals surface area (Å²) in [5.74, 6) is 2.01. The van der Waals surface area contributed by atoms with Crippen molar-refractivity contribution < 1.29 is 9.53 Å². The van der Waals surface area contributed by atoms with E-state index in [1.165, 1.54) is 25.7 Å². The lowest BCUT2D eigenvalue weighted by Gasteiger charge is -2.58. The number of anilines is 1. The molecule has 0 heterocycles. The van der Waals surface area contributed by atoms with E-state index in [0.717, 1.165) is 48.9 Å². The van der Waals surface area contributed by atoms with E-state index >= 15 is 0 Å². The second kappa shape index (κ2) is 9.10. The quantitative estimate of drug-likeness (QED) is 0.306. The highest BCUT2D eigenvalue weighted by molar-refractivity contribution is 7.80. The Morgan fingerprint density at radius 3 is 2.62 bits per heavy atom. The van der Waals surface area contributed by atoms with Crippen LogP contribution < -0.4 is 10.7 Å². The summed E-state index contributed by atoms with van der Waals surface area (Å²) in [6.07, 6.45) is 11.6. The maximum atomic E-state index is 11.7. The maximum Gasteiger partial charge on any atom is 0.302 e. The van der Waals surface area contributed by atoms with Gasteiger partial charge >= 0.3 is 5.97 Å². The predicted molar refractivity (Wildman–Crippen MR) is 140 cm³/mol. The molecule has 3 fully saturated rings. The van der Waals surface area contributed by atoms with E-state index in [0.29, 0.717) is 11.0 Å². The molecular weight excluding hydrogens is 442 g/mol. The zero-order chi connectivity index (χ0) is 23.9. The monoisotopic (exact) mass is 479 g/mol. The molecule has 5 nitrogen and oxygen atoms in total. The van der Waals surface area contributed by atoms with E-state index in [2.05, 4.69) is 35.8 Å². The number of carbonyl (C=O) groups is 1. The van der Waals surface area contributed by atoms with Crippen molar-refractivity contribution in [2.75, 3.05) is 5.32 Å². The number of nitrogens with one attached hydrogen (secondary N) is 2. The SMILES string of the molecule is CC(=O)O[C@H]1CC[C@H]2[C@@H]3CCC4=C/C(=N/NC(=S)Nc5ccccc5)CC[C@]4(C)[C@H]3CC[C@]12C. The van der Waals surface area contributed by atoms with Gasteiger partial charge in [0.25, 0.3) is 0 Å². The number of hydrogen-bond donors (Lipinski definition) is 2. The van der Waals surface area contributed by atoms with Gasteiger partial charge in [-0.05, 0) is 105 Å². The highest BCUT2D eigenvalue weighted by atomic mass is 32.1. The fraction of sp³-hybridized carbons (Fsp3) is 0.607. The number of hydrogen-bond acceptors (Lipinski definition) is 4. The average molecular weight is 480 g/mol. The first-order chi connectivity index (χ1) is 16.3. The van der Waals surface area contributed by atoms with E-state index in [1.807, 2.05) is 30.3 Å². The van der Waals surface area contributed by atoms with Gasteiger partial charge in [0.2, 0.25) is 0 Å².